The number of hydrazone groups is 1. The summed E-state index contributed by atoms with van der Waals surface area (Å²) in [6.07, 6.45) is 6.20. The number of rotatable bonds is 5. The van der Waals surface area contributed by atoms with Gasteiger partial charge in [-0.15, -0.1) is 0 Å². The predicted octanol–water partition coefficient (Wildman–Crippen LogP) is 2.82. The van der Waals surface area contributed by atoms with Gasteiger partial charge in [0.2, 0.25) is 10.0 Å². The summed E-state index contributed by atoms with van der Waals surface area (Å²) in [6, 6.07) is 15.1. The van der Waals surface area contributed by atoms with Gasteiger partial charge in [0, 0.05) is 18.8 Å². The first kappa shape index (κ1) is 20.1. The van der Waals surface area contributed by atoms with Crippen molar-refractivity contribution in [2.45, 2.75) is 19.3 Å². The minimum Gasteiger partial charge on any atom is -0.371 e. The first-order chi connectivity index (χ1) is 14.4. The Kier molecular flexibility index (Phi) is 5.54. The molecule has 9 heteroatoms. The lowest BCUT2D eigenvalue weighted by atomic mass is 10.1. The smallest absolute Gasteiger partial charge is 0.326 e. The molecule has 156 valence electrons. The molecule has 2 heterocycles. The number of hydrogen-bond donors (Lipinski definition) is 2. The molecule has 0 aliphatic carbocycles. The molecule has 0 amide bonds. The van der Waals surface area contributed by atoms with Crippen LogP contribution in [0, 0.1) is 0 Å². The number of para-hydroxylation sites is 1. The van der Waals surface area contributed by atoms with Gasteiger partial charge in [-0.2, -0.15) is 0 Å². The fourth-order valence-electron chi connectivity index (χ4n) is 3.59. The van der Waals surface area contributed by atoms with Crippen LogP contribution in [0.15, 0.2) is 58.6 Å². The highest BCUT2D eigenvalue weighted by atomic mass is 32.2. The maximum Gasteiger partial charge on any atom is 0.326 e. The number of nitrogens with one attached hydrogen (secondary N) is 1. The van der Waals surface area contributed by atoms with E-state index in [1.54, 1.807) is 10.9 Å². The highest BCUT2D eigenvalue weighted by Crippen LogP contribution is 2.32. The van der Waals surface area contributed by atoms with E-state index in [4.69, 9.17) is 5.73 Å². The maximum absolute atomic E-state index is 11.9. The Balaban J connectivity index is 1.71. The van der Waals surface area contributed by atoms with E-state index in [1.807, 2.05) is 48.5 Å². The highest BCUT2D eigenvalue weighted by molar-refractivity contribution is 7.92. The summed E-state index contributed by atoms with van der Waals surface area (Å²) in [7, 11) is -3.47. The predicted molar refractivity (Wildman–Crippen MR) is 122 cm³/mol. The minimum absolute atomic E-state index is 0.381. The molecule has 2 aliphatic rings. The number of sulfonamides is 1. The SMILES string of the molecule is CS(=O)(=O)Nc1cc(N2CCCCC2)ccc1N=C1C=N[N+](c2ccccc2)=C1N. The van der Waals surface area contributed by atoms with Crippen LogP contribution in [-0.2, 0) is 10.0 Å². The van der Waals surface area contributed by atoms with Crippen LogP contribution in [-0.4, -0.2) is 50.2 Å². The van der Waals surface area contributed by atoms with Gasteiger partial charge in [0.1, 0.15) is 6.21 Å². The summed E-state index contributed by atoms with van der Waals surface area (Å²) in [5, 5.41) is 4.33. The van der Waals surface area contributed by atoms with Crippen LogP contribution >= 0.6 is 0 Å². The third-order valence-corrected chi connectivity index (χ3v) is 5.62. The van der Waals surface area contributed by atoms with Crippen molar-refractivity contribution < 1.29 is 13.1 Å². The topological polar surface area (TPSA) is 103 Å². The van der Waals surface area contributed by atoms with E-state index in [-0.39, 0.29) is 0 Å². The van der Waals surface area contributed by atoms with E-state index >= 15 is 0 Å². The van der Waals surface area contributed by atoms with Crippen molar-refractivity contribution in [1.29, 1.82) is 0 Å². The van der Waals surface area contributed by atoms with E-state index in [1.165, 1.54) is 6.42 Å². The normalized spacial score (nSPS) is 18.3. The molecule has 2 aromatic rings. The Morgan fingerprint density at radius 3 is 2.53 bits per heavy atom. The van der Waals surface area contributed by atoms with Crippen LogP contribution in [0.1, 0.15) is 19.3 Å². The van der Waals surface area contributed by atoms with E-state index in [2.05, 4.69) is 19.7 Å². The molecule has 0 saturated carbocycles. The van der Waals surface area contributed by atoms with Gasteiger partial charge in [0.15, 0.2) is 11.4 Å². The summed E-state index contributed by atoms with van der Waals surface area (Å²) >= 11 is 0. The first-order valence-corrected chi connectivity index (χ1v) is 11.8. The average Bonchev–Trinajstić information content (AvgIpc) is 3.10. The lowest BCUT2D eigenvalue weighted by Gasteiger charge is -2.29. The molecule has 1 saturated heterocycles. The van der Waals surface area contributed by atoms with Gasteiger partial charge in [0.25, 0.3) is 0 Å². The Labute approximate surface area is 176 Å². The van der Waals surface area contributed by atoms with E-state index in [9.17, 15) is 8.42 Å². The second kappa shape index (κ2) is 8.27. The molecular formula is C21H25N6O2S+. The van der Waals surface area contributed by atoms with E-state index < -0.39 is 10.0 Å². The fourth-order valence-corrected chi connectivity index (χ4v) is 4.15. The van der Waals surface area contributed by atoms with Crippen molar-refractivity contribution in [1.82, 2.24) is 0 Å². The lowest BCUT2D eigenvalue weighted by Crippen LogP contribution is -2.29. The molecule has 0 atom stereocenters. The summed E-state index contributed by atoms with van der Waals surface area (Å²) in [5.41, 5.74) is 9.46. The Morgan fingerprint density at radius 1 is 1.10 bits per heavy atom. The summed E-state index contributed by atoms with van der Waals surface area (Å²) in [5.74, 6) is 0.381. The van der Waals surface area contributed by atoms with Crippen molar-refractivity contribution in [2.24, 2.45) is 15.8 Å². The second-order valence-electron chi connectivity index (χ2n) is 7.40. The number of piperidine rings is 1. The Hall–Kier alpha value is -3.20. The lowest BCUT2D eigenvalue weighted by molar-refractivity contribution is -0.441. The Morgan fingerprint density at radius 2 is 1.83 bits per heavy atom. The minimum atomic E-state index is -3.47. The van der Waals surface area contributed by atoms with Crippen LogP contribution in [0.3, 0.4) is 0 Å². The van der Waals surface area contributed by atoms with Crippen LogP contribution in [0.2, 0.25) is 0 Å². The Bertz CT molecular complexity index is 1130. The number of benzene rings is 2. The molecule has 30 heavy (non-hydrogen) atoms. The molecule has 8 nitrogen and oxygen atoms in total. The number of anilines is 2. The number of nitrogens with two attached hydrogens (primary N) is 1. The van der Waals surface area contributed by atoms with Crippen LogP contribution in [0.5, 0.6) is 0 Å². The van der Waals surface area contributed by atoms with Gasteiger partial charge in [-0.05, 0) is 49.6 Å². The number of aliphatic imine (C=N–C) groups is 1. The highest BCUT2D eigenvalue weighted by Gasteiger charge is 2.24. The van der Waals surface area contributed by atoms with E-state index in [0.29, 0.717) is 22.9 Å². The maximum atomic E-state index is 11.9. The van der Waals surface area contributed by atoms with Gasteiger partial charge in [-0.3, -0.25) is 10.5 Å². The molecule has 0 bridgehead atoms. The molecule has 3 N–H and O–H groups in total. The van der Waals surface area contributed by atoms with Gasteiger partial charge >= 0.3 is 5.84 Å². The quantitative estimate of drug-likeness (QED) is 0.719. The number of amidine groups is 1. The third-order valence-electron chi connectivity index (χ3n) is 5.02. The molecule has 0 aromatic heterocycles. The van der Waals surface area contributed by atoms with Gasteiger partial charge < -0.3 is 4.90 Å². The molecule has 2 aliphatic heterocycles. The molecule has 0 unspecified atom stereocenters. The summed E-state index contributed by atoms with van der Waals surface area (Å²) in [4.78, 5) is 6.87. The van der Waals surface area contributed by atoms with Crippen LogP contribution in [0.4, 0.5) is 22.7 Å². The van der Waals surface area contributed by atoms with E-state index in [0.717, 1.165) is 43.6 Å². The molecule has 4 rings (SSSR count). The van der Waals surface area contributed by atoms with Gasteiger partial charge in [0.05, 0.1) is 17.6 Å². The number of nitrogens with zero attached hydrogens (tertiary/aromatic N) is 4. The largest absolute Gasteiger partial charge is 0.371 e. The number of hydrogen-bond acceptors (Lipinski definition) is 6. The average molecular weight is 426 g/mol. The summed E-state index contributed by atoms with van der Waals surface area (Å²) in [6.45, 7) is 1.93. The molecular weight excluding hydrogens is 400 g/mol. The molecule has 0 radical (unpaired) electrons. The monoisotopic (exact) mass is 425 g/mol. The standard InChI is InChI=1S/C21H24N6O2S/c1-30(28,29)25-19-14-17(26-12-6-3-7-13-26)10-11-18(19)24-20-15-23-27(21(20)22)16-8-4-2-5-9-16/h2,4-5,8-11,14-15H,3,6-7,12-13H2,1H3,(H2,22,23,25)/p+1. The van der Waals surface area contributed by atoms with Crippen molar-refractivity contribution in [3.05, 3.63) is 48.5 Å². The summed E-state index contributed by atoms with van der Waals surface area (Å²) < 4.78 is 28.1. The molecule has 0 spiro atoms. The van der Waals surface area contributed by atoms with Gasteiger partial charge in [-0.1, -0.05) is 28.0 Å². The van der Waals surface area contributed by atoms with Gasteiger partial charge in [-0.25, -0.2) is 13.4 Å². The zero-order chi connectivity index (χ0) is 21.1. The molecule has 2 aromatic carbocycles. The fraction of sp³-hybridized carbons (Fsp3) is 0.286. The van der Waals surface area contributed by atoms with Crippen molar-refractivity contribution in [2.75, 3.05) is 29.0 Å². The van der Waals surface area contributed by atoms with Crippen LogP contribution in [0.25, 0.3) is 0 Å². The third kappa shape index (κ3) is 4.51. The van der Waals surface area contributed by atoms with Crippen molar-refractivity contribution >= 4 is 50.5 Å². The van der Waals surface area contributed by atoms with Crippen molar-refractivity contribution in [3.8, 4) is 0 Å². The zero-order valence-corrected chi connectivity index (χ0v) is 17.6. The zero-order valence-electron chi connectivity index (χ0n) is 16.8. The molecule has 1 fully saturated rings. The second-order valence-corrected chi connectivity index (χ2v) is 9.15. The first-order valence-electron chi connectivity index (χ1n) is 9.88. The van der Waals surface area contributed by atoms with Crippen LogP contribution < -0.4 is 15.4 Å². The van der Waals surface area contributed by atoms with Crippen molar-refractivity contribution in [3.63, 3.8) is 0 Å².